The van der Waals surface area contributed by atoms with E-state index in [0.717, 1.165) is 74.5 Å². The second-order valence-corrected chi connectivity index (χ2v) is 20.9. The molecule has 9 rings (SSSR count). The summed E-state index contributed by atoms with van der Waals surface area (Å²) in [7, 11) is 0. The molecule has 0 bridgehead atoms. The van der Waals surface area contributed by atoms with E-state index >= 15 is 0 Å². The van der Waals surface area contributed by atoms with Gasteiger partial charge in [-0.2, -0.15) is 15.0 Å². The van der Waals surface area contributed by atoms with Gasteiger partial charge in [0.1, 0.15) is 39.8 Å². The van der Waals surface area contributed by atoms with Gasteiger partial charge in [-0.1, -0.05) is 112 Å². The summed E-state index contributed by atoms with van der Waals surface area (Å²) >= 11 is 0. The van der Waals surface area contributed by atoms with Crippen LogP contribution in [0.4, 0.5) is 17.5 Å². The zero-order valence-electron chi connectivity index (χ0n) is 46.0. The summed E-state index contributed by atoms with van der Waals surface area (Å²) in [6.07, 6.45) is 10.5. The van der Waals surface area contributed by atoms with E-state index in [9.17, 15) is 28.8 Å². The summed E-state index contributed by atoms with van der Waals surface area (Å²) in [6.45, 7) is 14.7. The largest absolute Gasteiger partial charge is 0.478 e. The number of nitrogen functional groups attached to an aromatic ring is 3. The van der Waals surface area contributed by atoms with Crippen LogP contribution >= 0.6 is 0 Å². The van der Waals surface area contributed by atoms with E-state index in [2.05, 4.69) is 49.6 Å². The lowest BCUT2D eigenvalue weighted by Gasteiger charge is -2.09. The summed E-state index contributed by atoms with van der Waals surface area (Å²) in [4.78, 5) is 87.3. The monoisotopic (exact) mass is 1070 g/mol. The number of aromatic carboxylic acids is 1. The molecule has 3 aromatic carbocycles. The summed E-state index contributed by atoms with van der Waals surface area (Å²) in [6, 6.07) is 20.8. The van der Waals surface area contributed by atoms with Gasteiger partial charge < -0.3 is 40.7 Å². The van der Waals surface area contributed by atoms with Crippen LogP contribution in [0.15, 0.2) is 100 Å². The first-order valence-corrected chi connectivity index (χ1v) is 27.1. The summed E-state index contributed by atoms with van der Waals surface area (Å²) in [5, 5.41) is 20.0. The molecular weight excluding hydrogens is 1000 g/mol. The van der Waals surface area contributed by atoms with Gasteiger partial charge in [0.2, 0.25) is 33.4 Å². The molecule has 0 saturated heterocycles. The standard InChI is InChI=1S/C23H28N2O4.C23H28N2O3.C16H14N2O4/c1-14(2)15-9-10-20-17(12-15)21(28)18-13-16(22(24)25-23(18)29-20)19(27)8-6-4-3-5-7-11-26;1-4-5-6-7-8-9-19(26)16-13-18-21(27)17-12-15(14(2)3)10-11-20(17)28-23(18)25-22(16)24;1-7(2)8-3-4-12-9(5-8)13(19)10-6-11(16(20)21)14(17)18-15(10)22-12/h9-10,12-14,26H,3-8,11H2,1-2H3,(H2,24,25);10-14H,4-9H2,1-3H3,(H2,24,25);3-7H,1-2H3,(H2,17,18)(H,20,21). The Morgan fingerprint density at radius 3 is 1.10 bits per heavy atom. The molecule has 0 aliphatic rings. The summed E-state index contributed by atoms with van der Waals surface area (Å²) in [5.41, 5.74) is 22.1. The maximum absolute atomic E-state index is 13.0. The lowest BCUT2D eigenvalue weighted by molar-refractivity contribution is 0.0697. The number of aliphatic hydroxyl groups is 1. The fourth-order valence-corrected chi connectivity index (χ4v) is 9.22. The number of anilines is 3. The predicted molar refractivity (Wildman–Crippen MR) is 313 cm³/mol. The third kappa shape index (κ3) is 13.5. The quantitative estimate of drug-likeness (QED) is 0.0285. The molecule has 17 nitrogen and oxygen atoms in total. The second kappa shape index (κ2) is 25.9. The number of unbranched alkanes of at least 4 members (excludes halogenated alkanes) is 8. The van der Waals surface area contributed by atoms with Crippen LogP contribution in [0.5, 0.6) is 0 Å². The molecule has 0 saturated carbocycles. The molecule has 0 amide bonds. The number of rotatable bonds is 19. The minimum atomic E-state index is -1.23. The van der Waals surface area contributed by atoms with Gasteiger partial charge in [0, 0.05) is 19.4 Å². The van der Waals surface area contributed by atoms with Crippen molar-refractivity contribution in [1.29, 1.82) is 0 Å². The van der Waals surface area contributed by atoms with Gasteiger partial charge in [0.05, 0.1) is 43.4 Å². The SMILES string of the molecule is CC(C)c1ccc2oc3nc(N)c(C(=O)CCCCCCCO)cc3c(=O)c2c1.CC(C)c1ccc2oc3nc(N)c(C(=O)O)cc3c(=O)c2c1.CCCCCCCC(=O)c1cc2c(=O)c3cc(C(C)C)ccc3oc2nc1N. The maximum Gasteiger partial charge on any atom is 0.339 e. The van der Waals surface area contributed by atoms with Gasteiger partial charge in [-0.15, -0.1) is 0 Å². The Bertz CT molecular complexity index is 3930. The minimum Gasteiger partial charge on any atom is -0.478 e. The number of carboxylic acids is 1. The van der Waals surface area contributed by atoms with Crippen LogP contribution in [0.25, 0.3) is 66.2 Å². The molecular formula is C62H70N6O11. The van der Waals surface area contributed by atoms with E-state index in [4.69, 9.17) is 40.7 Å². The predicted octanol–water partition coefficient (Wildman–Crippen LogP) is 12.9. The number of pyridine rings is 3. The third-order valence-electron chi connectivity index (χ3n) is 14.1. The Hall–Kier alpha value is -8.31. The number of Topliss-reactive ketones (excluding diaryl/α,β-unsaturated/α-hetero) is 2. The van der Waals surface area contributed by atoms with E-state index in [-0.39, 0.29) is 103 Å². The van der Waals surface area contributed by atoms with Crippen LogP contribution in [0, 0.1) is 0 Å². The number of nitrogens with two attached hydrogens (primary N) is 3. The highest BCUT2D eigenvalue weighted by atomic mass is 16.4. The third-order valence-corrected chi connectivity index (χ3v) is 14.1. The molecule has 0 atom stereocenters. The lowest BCUT2D eigenvalue weighted by atomic mass is 10.00. The number of carbonyl (C=O) groups excluding carboxylic acids is 2. The number of benzene rings is 3. The molecule has 414 valence electrons. The van der Waals surface area contributed by atoms with Crippen molar-refractivity contribution in [2.45, 2.75) is 143 Å². The molecule has 8 N–H and O–H groups in total. The van der Waals surface area contributed by atoms with Crippen LogP contribution in [0.3, 0.4) is 0 Å². The van der Waals surface area contributed by atoms with Gasteiger partial charge in [0.15, 0.2) is 11.6 Å². The maximum atomic E-state index is 13.0. The average molecular weight is 1080 g/mol. The van der Waals surface area contributed by atoms with Crippen molar-refractivity contribution in [3.8, 4) is 0 Å². The van der Waals surface area contributed by atoms with Gasteiger partial charge >= 0.3 is 5.97 Å². The Balaban J connectivity index is 0.000000173. The van der Waals surface area contributed by atoms with Crippen LogP contribution in [0.1, 0.15) is 191 Å². The van der Waals surface area contributed by atoms with E-state index in [1.54, 1.807) is 30.3 Å². The molecule has 79 heavy (non-hydrogen) atoms. The molecule has 6 heterocycles. The van der Waals surface area contributed by atoms with Crippen molar-refractivity contribution < 1.29 is 37.8 Å². The zero-order chi connectivity index (χ0) is 57.2. The summed E-state index contributed by atoms with van der Waals surface area (Å²) in [5.74, 6) is -0.547. The van der Waals surface area contributed by atoms with Crippen molar-refractivity contribution in [3.63, 3.8) is 0 Å². The minimum absolute atomic E-state index is 0.0392. The Kier molecular flexibility index (Phi) is 19.1. The van der Waals surface area contributed by atoms with Crippen molar-refractivity contribution in [3.05, 3.63) is 137 Å². The number of aromatic nitrogens is 3. The highest BCUT2D eigenvalue weighted by Gasteiger charge is 2.21. The fraction of sp³-hybridized carbons (Fsp3) is 0.371. The first-order valence-electron chi connectivity index (χ1n) is 27.1. The molecule has 0 unspecified atom stereocenters. The van der Waals surface area contributed by atoms with Crippen LogP contribution in [-0.2, 0) is 0 Å². The van der Waals surface area contributed by atoms with Gasteiger partial charge in [0.25, 0.3) is 0 Å². The molecule has 0 fully saturated rings. The van der Waals surface area contributed by atoms with E-state index < -0.39 is 5.97 Å². The highest BCUT2D eigenvalue weighted by molar-refractivity contribution is 6.05. The van der Waals surface area contributed by atoms with Crippen LogP contribution < -0.4 is 33.5 Å². The normalized spacial score (nSPS) is 11.5. The van der Waals surface area contributed by atoms with Gasteiger partial charge in [-0.3, -0.25) is 24.0 Å². The van der Waals surface area contributed by atoms with Crippen LogP contribution in [-0.4, -0.2) is 49.3 Å². The zero-order valence-corrected chi connectivity index (χ0v) is 46.0. The number of carbonyl (C=O) groups is 3. The number of fused-ring (bicyclic) bond motifs is 6. The van der Waals surface area contributed by atoms with Crippen molar-refractivity contribution in [2.24, 2.45) is 0 Å². The number of hydrogen-bond acceptors (Lipinski definition) is 16. The first-order chi connectivity index (χ1) is 37.7. The van der Waals surface area contributed by atoms with Gasteiger partial charge in [-0.25, -0.2) is 4.79 Å². The highest BCUT2D eigenvalue weighted by Crippen LogP contribution is 2.29. The smallest absolute Gasteiger partial charge is 0.339 e. The molecule has 6 aromatic heterocycles. The number of ketones is 2. The molecule has 0 radical (unpaired) electrons. The Morgan fingerprint density at radius 1 is 0.456 bits per heavy atom. The number of hydrogen-bond donors (Lipinski definition) is 5. The topological polar surface area (TPSA) is 299 Å². The number of aliphatic hydroxyl groups excluding tert-OH is 1. The average Bonchev–Trinajstić information content (AvgIpc) is 3.42. The molecule has 0 aliphatic heterocycles. The second-order valence-electron chi connectivity index (χ2n) is 20.9. The van der Waals surface area contributed by atoms with Crippen molar-refractivity contribution in [2.75, 3.05) is 23.8 Å². The fourth-order valence-electron chi connectivity index (χ4n) is 9.22. The van der Waals surface area contributed by atoms with Crippen LogP contribution in [0.2, 0.25) is 0 Å². The Labute approximate surface area is 456 Å². The molecule has 0 aliphatic carbocycles. The van der Waals surface area contributed by atoms with E-state index in [1.807, 2.05) is 44.2 Å². The molecule has 9 aromatic rings. The lowest BCUT2D eigenvalue weighted by Crippen LogP contribution is -2.10. The van der Waals surface area contributed by atoms with E-state index in [0.29, 0.717) is 62.6 Å². The van der Waals surface area contributed by atoms with Crippen molar-refractivity contribution >= 4 is 101 Å². The first kappa shape index (κ1) is 58.4. The molecule has 0 spiro atoms. The Morgan fingerprint density at radius 2 is 0.772 bits per heavy atom. The number of nitrogens with zero attached hydrogens (tertiary/aromatic N) is 3. The van der Waals surface area contributed by atoms with E-state index in [1.165, 1.54) is 18.6 Å². The molecule has 17 heteroatoms. The number of carboxylic acid groups (broad SMARTS) is 1. The summed E-state index contributed by atoms with van der Waals surface area (Å²) < 4.78 is 17.2. The van der Waals surface area contributed by atoms with Gasteiger partial charge in [-0.05, 0) is 108 Å². The van der Waals surface area contributed by atoms with Crippen molar-refractivity contribution in [1.82, 2.24) is 15.0 Å².